The van der Waals surface area contributed by atoms with Gasteiger partial charge in [-0.2, -0.15) is 5.26 Å². The van der Waals surface area contributed by atoms with Crippen molar-refractivity contribution in [1.29, 1.82) is 5.26 Å². The number of nitrogens with zero attached hydrogens (tertiary/aromatic N) is 2. The maximum Gasteiger partial charge on any atom is 0.320 e. The van der Waals surface area contributed by atoms with Crippen LogP contribution in [-0.4, -0.2) is 11.0 Å². The molecular formula is C14H11BrN4O. The van der Waals surface area contributed by atoms with Gasteiger partial charge in [-0.05, 0) is 29.8 Å². The molecule has 0 aliphatic rings. The fourth-order valence-corrected chi connectivity index (χ4v) is 1.74. The molecule has 2 N–H and O–H groups in total. The molecule has 20 heavy (non-hydrogen) atoms. The van der Waals surface area contributed by atoms with Crippen molar-refractivity contribution in [1.82, 2.24) is 10.3 Å². The van der Waals surface area contributed by atoms with Gasteiger partial charge in [0.2, 0.25) is 0 Å². The van der Waals surface area contributed by atoms with Crippen LogP contribution in [0.3, 0.4) is 0 Å². The molecule has 1 heterocycles. The highest BCUT2D eigenvalue weighted by atomic mass is 79.9. The number of carbonyl (C=O) groups excluding carboxylic acids is 1. The molecule has 0 radical (unpaired) electrons. The molecule has 0 saturated carbocycles. The van der Waals surface area contributed by atoms with E-state index in [0.717, 1.165) is 10.0 Å². The van der Waals surface area contributed by atoms with Gasteiger partial charge in [0.15, 0.2) is 0 Å². The van der Waals surface area contributed by atoms with Gasteiger partial charge in [0.25, 0.3) is 0 Å². The molecular weight excluding hydrogens is 320 g/mol. The van der Waals surface area contributed by atoms with E-state index in [2.05, 4.69) is 31.5 Å². The average Bonchev–Trinajstić information content (AvgIpc) is 2.47. The molecule has 0 saturated heterocycles. The van der Waals surface area contributed by atoms with E-state index in [9.17, 15) is 4.79 Å². The van der Waals surface area contributed by atoms with E-state index in [4.69, 9.17) is 5.26 Å². The van der Waals surface area contributed by atoms with Crippen molar-refractivity contribution < 1.29 is 4.79 Å². The third kappa shape index (κ3) is 4.07. The summed E-state index contributed by atoms with van der Waals surface area (Å²) in [5.74, 6) is 0.400. The normalized spacial score (nSPS) is 9.60. The summed E-state index contributed by atoms with van der Waals surface area (Å²) in [5.41, 5.74) is 1.45. The van der Waals surface area contributed by atoms with Crippen LogP contribution >= 0.6 is 15.9 Å². The summed E-state index contributed by atoms with van der Waals surface area (Å²) in [5, 5.41) is 14.0. The van der Waals surface area contributed by atoms with Gasteiger partial charge in [-0.25, -0.2) is 9.78 Å². The van der Waals surface area contributed by atoms with Crippen LogP contribution in [0.25, 0.3) is 0 Å². The number of halogens is 1. The fourth-order valence-electron chi connectivity index (χ4n) is 1.48. The molecule has 2 rings (SSSR count). The first-order chi connectivity index (χ1) is 9.67. The zero-order valence-corrected chi connectivity index (χ0v) is 12.0. The summed E-state index contributed by atoms with van der Waals surface area (Å²) in [6, 6.07) is 12.5. The zero-order chi connectivity index (χ0) is 14.4. The Balaban J connectivity index is 1.86. The second-order valence-electron chi connectivity index (χ2n) is 3.98. The number of anilines is 1. The lowest BCUT2D eigenvalue weighted by Gasteiger charge is -2.07. The van der Waals surface area contributed by atoms with Crippen LogP contribution in [0.15, 0.2) is 47.1 Å². The average molecular weight is 331 g/mol. The van der Waals surface area contributed by atoms with E-state index in [1.165, 1.54) is 6.20 Å². The van der Waals surface area contributed by atoms with Crippen LogP contribution < -0.4 is 10.6 Å². The van der Waals surface area contributed by atoms with Crippen molar-refractivity contribution in [2.24, 2.45) is 0 Å². The molecule has 1 aromatic carbocycles. The van der Waals surface area contributed by atoms with E-state index in [1.54, 1.807) is 12.1 Å². The van der Waals surface area contributed by atoms with Crippen LogP contribution in [0.2, 0.25) is 0 Å². The van der Waals surface area contributed by atoms with E-state index in [1.807, 2.05) is 30.3 Å². The predicted molar refractivity (Wildman–Crippen MR) is 79.0 cm³/mol. The van der Waals surface area contributed by atoms with Gasteiger partial charge < -0.3 is 5.32 Å². The lowest BCUT2D eigenvalue weighted by molar-refractivity contribution is 0.251. The second-order valence-corrected chi connectivity index (χ2v) is 4.89. The number of aromatic nitrogens is 1. The molecule has 0 aliphatic heterocycles. The minimum atomic E-state index is -0.342. The van der Waals surface area contributed by atoms with E-state index in [0.29, 0.717) is 17.9 Å². The molecule has 0 spiro atoms. The summed E-state index contributed by atoms with van der Waals surface area (Å²) in [6.07, 6.45) is 1.41. The SMILES string of the molecule is N#Cc1ccc(NC(=O)NCc2ccc(Br)cc2)nc1. The number of benzene rings is 1. The van der Waals surface area contributed by atoms with E-state index >= 15 is 0 Å². The second kappa shape index (κ2) is 6.68. The topological polar surface area (TPSA) is 77.8 Å². The first kappa shape index (κ1) is 14.0. The van der Waals surface area contributed by atoms with Crippen LogP contribution in [0.5, 0.6) is 0 Å². The van der Waals surface area contributed by atoms with Crippen molar-refractivity contribution in [2.45, 2.75) is 6.54 Å². The molecule has 2 amide bonds. The quantitative estimate of drug-likeness (QED) is 0.907. The van der Waals surface area contributed by atoms with Gasteiger partial charge in [0.05, 0.1) is 5.56 Å². The Morgan fingerprint density at radius 2 is 2.00 bits per heavy atom. The molecule has 0 aliphatic carbocycles. The van der Waals surface area contributed by atoms with E-state index in [-0.39, 0.29) is 6.03 Å². The van der Waals surface area contributed by atoms with Gasteiger partial charge in [0.1, 0.15) is 11.9 Å². The van der Waals surface area contributed by atoms with Crippen LogP contribution in [0, 0.1) is 11.3 Å². The smallest absolute Gasteiger partial charge is 0.320 e. The maximum atomic E-state index is 11.7. The standard InChI is InChI=1S/C14H11BrN4O/c15-12-4-1-10(2-5-12)8-18-14(20)19-13-6-3-11(7-16)9-17-13/h1-6,9H,8H2,(H2,17,18,19,20). The maximum absolute atomic E-state index is 11.7. The Labute approximate surface area is 124 Å². The number of amides is 2. The molecule has 2 aromatic rings. The summed E-state index contributed by atoms with van der Waals surface area (Å²) in [7, 11) is 0. The number of pyridine rings is 1. The Hall–Kier alpha value is -2.39. The van der Waals surface area contributed by atoms with Crippen LogP contribution in [-0.2, 0) is 6.54 Å². The highest BCUT2D eigenvalue weighted by molar-refractivity contribution is 9.10. The third-order valence-corrected chi connectivity index (χ3v) is 3.03. The molecule has 100 valence electrons. The number of nitriles is 1. The van der Waals surface area contributed by atoms with Crippen molar-refractivity contribution in [3.63, 3.8) is 0 Å². The highest BCUT2D eigenvalue weighted by Gasteiger charge is 2.02. The van der Waals surface area contributed by atoms with Crippen LogP contribution in [0.4, 0.5) is 10.6 Å². The molecule has 5 nitrogen and oxygen atoms in total. The van der Waals surface area contributed by atoms with Crippen molar-refractivity contribution in [3.05, 3.63) is 58.2 Å². The molecule has 0 fully saturated rings. The number of urea groups is 1. The third-order valence-electron chi connectivity index (χ3n) is 2.50. The van der Waals surface area contributed by atoms with Gasteiger partial charge in [0, 0.05) is 17.2 Å². The van der Waals surface area contributed by atoms with E-state index < -0.39 is 0 Å². The monoisotopic (exact) mass is 330 g/mol. The highest BCUT2D eigenvalue weighted by Crippen LogP contribution is 2.10. The van der Waals surface area contributed by atoms with Crippen molar-refractivity contribution in [2.75, 3.05) is 5.32 Å². The zero-order valence-electron chi connectivity index (χ0n) is 10.4. The first-order valence-corrected chi connectivity index (χ1v) is 6.62. The molecule has 0 unspecified atom stereocenters. The Morgan fingerprint density at radius 1 is 1.25 bits per heavy atom. The lowest BCUT2D eigenvalue weighted by atomic mass is 10.2. The van der Waals surface area contributed by atoms with Gasteiger partial charge in [-0.15, -0.1) is 0 Å². The van der Waals surface area contributed by atoms with Crippen LogP contribution in [0.1, 0.15) is 11.1 Å². The molecule has 0 atom stereocenters. The van der Waals surface area contributed by atoms with Gasteiger partial charge >= 0.3 is 6.03 Å². The van der Waals surface area contributed by atoms with Gasteiger partial charge in [-0.3, -0.25) is 5.32 Å². The lowest BCUT2D eigenvalue weighted by Crippen LogP contribution is -2.28. The number of nitrogens with one attached hydrogen (secondary N) is 2. The first-order valence-electron chi connectivity index (χ1n) is 5.83. The minimum absolute atomic E-state index is 0.342. The Morgan fingerprint density at radius 3 is 2.60 bits per heavy atom. The summed E-state index contributed by atoms with van der Waals surface area (Å²) in [4.78, 5) is 15.6. The Bertz CT molecular complexity index is 632. The van der Waals surface area contributed by atoms with Crippen molar-refractivity contribution >= 4 is 27.8 Å². The minimum Gasteiger partial charge on any atom is -0.334 e. The molecule has 6 heteroatoms. The Kier molecular flexibility index (Phi) is 4.69. The predicted octanol–water partition coefficient (Wildman–Crippen LogP) is 3.04. The fraction of sp³-hybridized carbons (Fsp3) is 0.0714. The molecule has 0 bridgehead atoms. The summed E-state index contributed by atoms with van der Waals surface area (Å²) < 4.78 is 0.993. The number of hydrogen-bond donors (Lipinski definition) is 2. The summed E-state index contributed by atoms with van der Waals surface area (Å²) >= 11 is 3.35. The molecule has 1 aromatic heterocycles. The number of rotatable bonds is 3. The largest absolute Gasteiger partial charge is 0.334 e. The number of carbonyl (C=O) groups is 1. The van der Waals surface area contributed by atoms with Crippen molar-refractivity contribution in [3.8, 4) is 6.07 Å². The van der Waals surface area contributed by atoms with Gasteiger partial charge in [-0.1, -0.05) is 28.1 Å². The number of hydrogen-bond acceptors (Lipinski definition) is 3. The summed E-state index contributed by atoms with van der Waals surface area (Å²) in [6.45, 7) is 0.426.